The Kier molecular flexibility index (Phi) is 8.55. The van der Waals surface area contributed by atoms with E-state index in [-0.39, 0.29) is 30.6 Å². The quantitative estimate of drug-likeness (QED) is 0.374. The number of halogens is 5. The maximum absolute atomic E-state index is 14.7. The third-order valence-electron chi connectivity index (χ3n) is 6.21. The number of aromatic nitrogens is 3. The number of hydrogen-bond acceptors (Lipinski definition) is 6. The number of hydrogen-bond donors (Lipinski definition) is 1. The van der Waals surface area contributed by atoms with E-state index in [9.17, 15) is 27.1 Å². The van der Waals surface area contributed by atoms with Crippen LogP contribution in [0.2, 0.25) is 0 Å². The van der Waals surface area contributed by atoms with Gasteiger partial charge in [-0.05, 0) is 36.3 Å². The summed E-state index contributed by atoms with van der Waals surface area (Å²) < 4.78 is 79.7. The molecule has 2 heterocycles. The molecule has 2 unspecified atom stereocenters. The molecular formula is C26H26F5N3O3S. The van der Waals surface area contributed by atoms with Crippen LogP contribution in [0.5, 0.6) is 0 Å². The van der Waals surface area contributed by atoms with Crippen molar-refractivity contribution in [2.45, 2.75) is 49.0 Å². The van der Waals surface area contributed by atoms with Crippen molar-refractivity contribution in [3.05, 3.63) is 89.0 Å². The second-order valence-electron chi connectivity index (χ2n) is 9.05. The molecule has 0 bridgehead atoms. The number of rotatable bonds is 8. The van der Waals surface area contributed by atoms with Crippen molar-refractivity contribution in [3.8, 4) is 0 Å². The summed E-state index contributed by atoms with van der Waals surface area (Å²) >= 11 is 1.33. The van der Waals surface area contributed by atoms with E-state index < -0.39 is 40.5 Å². The molecule has 38 heavy (non-hydrogen) atoms. The molecule has 6 nitrogen and oxygen atoms in total. The van der Waals surface area contributed by atoms with Crippen LogP contribution in [0.25, 0.3) is 6.08 Å². The van der Waals surface area contributed by atoms with Gasteiger partial charge in [0.05, 0.1) is 30.6 Å². The van der Waals surface area contributed by atoms with Gasteiger partial charge < -0.3 is 14.6 Å². The minimum absolute atomic E-state index is 0.0692. The molecule has 4 rings (SSSR count). The van der Waals surface area contributed by atoms with Gasteiger partial charge in [0.15, 0.2) is 6.29 Å². The summed E-state index contributed by atoms with van der Waals surface area (Å²) in [6.07, 6.45) is -0.709. The molecule has 1 aliphatic heterocycles. The highest BCUT2D eigenvalue weighted by molar-refractivity contribution is 8.00. The maximum Gasteiger partial charge on any atom is 0.416 e. The number of benzene rings is 2. The van der Waals surface area contributed by atoms with Gasteiger partial charge in [-0.1, -0.05) is 31.2 Å². The molecule has 1 saturated heterocycles. The van der Waals surface area contributed by atoms with Crippen LogP contribution < -0.4 is 0 Å². The highest BCUT2D eigenvalue weighted by atomic mass is 32.2. The second-order valence-corrected chi connectivity index (χ2v) is 10.7. The lowest BCUT2D eigenvalue weighted by Crippen LogP contribution is -2.44. The molecule has 0 radical (unpaired) electrons. The fourth-order valence-corrected chi connectivity index (χ4v) is 5.48. The first-order valence-electron chi connectivity index (χ1n) is 11.7. The second kappa shape index (κ2) is 11.5. The van der Waals surface area contributed by atoms with Crippen molar-refractivity contribution in [2.24, 2.45) is 0 Å². The smallest absolute Gasteiger partial charge is 0.382 e. The summed E-state index contributed by atoms with van der Waals surface area (Å²) in [6.45, 7) is 3.88. The average Bonchev–Trinajstić information content (AvgIpc) is 3.37. The molecular weight excluding hydrogens is 529 g/mol. The summed E-state index contributed by atoms with van der Waals surface area (Å²) in [6, 6.07) is 7.81. The maximum atomic E-state index is 14.7. The SMILES string of the molecule is CC(=Cc1ccc(C(F)(F)F)cc1)C1OCC(SC(C)C(O)(Cn2cncn2)c2ccc(F)cc2F)CO1. The largest absolute Gasteiger partial charge is 0.416 e. The van der Waals surface area contributed by atoms with Gasteiger partial charge in [0.1, 0.15) is 29.9 Å². The number of nitrogens with zero attached hydrogens (tertiary/aromatic N) is 3. The van der Waals surface area contributed by atoms with Crippen LogP contribution in [-0.4, -0.2) is 49.9 Å². The molecule has 2 aromatic carbocycles. The third kappa shape index (κ3) is 6.60. The Morgan fingerprint density at radius 2 is 1.84 bits per heavy atom. The van der Waals surface area contributed by atoms with Crippen LogP contribution in [-0.2, 0) is 27.8 Å². The zero-order valence-corrected chi connectivity index (χ0v) is 21.3. The molecule has 12 heteroatoms. The molecule has 0 spiro atoms. The van der Waals surface area contributed by atoms with Crippen molar-refractivity contribution in [1.29, 1.82) is 0 Å². The fourth-order valence-electron chi connectivity index (χ4n) is 4.16. The molecule has 0 amide bonds. The van der Waals surface area contributed by atoms with Crippen LogP contribution >= 0.6 is 11.8 Å². The highest BCUT2D eigenvalue weighted by Gasteiger charge is 2.41. The average molecular weight is 556 g/mol. The van der Waals surface area contributed by atoms with Crippen molar-refractivity contribution in [2.75, 3.05) is 13.2 Å². The minimum Gasteiger partial charge on any atom is -0.382 e. The van der Waals surface area contributed by atoms with Gasteiger partial charge in [-0.15, -0.1) is 11.8 Å². The molecule has 3 aromatic rings. The van der Waals surface area contributed by atoms with E-state index in [1.807, 2.05) is 0 Å². The monoisotopic (exact) mass is 555 g/mol. The first-order valence-corrected chi connectivity index (χ1v) is 12.6. The zero-order chi connectivity index (χ0) is 27.5. The van der Waals surface area contributed by atoms with Gasteiger partial charge in [-0.3, -0.25) is 0 Å². The topological polar surface area (TPSA) is 69.4 Å². The standard InChI is InChI=1S/C26H26F5N3O3S/c1-16(9-18-3-5-19(6-4-18)26(29,30)31)24-36-11-21(12-37-24)38-17(2)25(35,13-34-15-32-14-33-34)22-8-7-20(27)10-23(22)28/h3-10,14-15,17,21,24,35H,11-13H2,1-2H3. The van der Waals surface area contributed by atoms with Crippen molar-refractivity contribution in [3.63, 3.8) is 0 Å². The van der Waals surface area contributed by atoms with Gasteiger partial charge in [0.2, 0.25) is 0 Å². The molecule has 1 aliphatic rings. The first-order chi connectivity index (χ1) is 18.0. The molecule has 0 saturated carbocycles. The van der Waals surface area contributed by atoms with Crippen LogP contribution in [0, 0.1) is 11.6 Å². The van der Waals surface area contributed by atoms with Crippen LogP contribution in [0.15, 0.2) is 60.7 Å². The molecule has 1 N–H and O–H groups in total. The summed E-state index contributed by atoms with van der Waals surface area (Å²) in [7, 11) is 0. The number of ether oxygens (including phenoxy) is 2. The third-order valence-corrected chi connectivity index (χ3v) is 7.66. The van der Waals surface area contributed by atoms with E-state index >= 15 is 0 Å². The summed E-state index contributed by atoms with van der Waals surface area (Å²) in [5, 5.41) is 14.9. The Balaban J connectivity index is 1.41. The molecule has 0 aliphatic carbocycles. The first kappa shape index (κ1) is 28.2. The summed E-state index contributed by atoms with van der Waals surface area (Å²) in [5.74, 6) is -1.63. The Labute approximate surface area is 220 Å². The van der Waals surface area contributed by atoms with Crippen LogP contribution in [0.1, 0.15) is 30.5 Å². The Bertz CT molecular complexity index is 1250. The minimum atomic E-state index is -4.40. The normalized spacial score (nSPS) is 21.2. The molecule has 204 valence electrons. The van der Waals surface area contributed by atoms with E-state index in [0.29, 0.717) is 11.1 Å². The van der Waals surface area contributed by atoms with Crippen LogP contribution in [0.3, 0.4) is 0 Å². The highest BCUT2D eigenvalue weighted by Crippen LogP contribution is 2.39. The Morgan fingerprint density at radius 3 is 2.42 bits per heavy atom. The van der Waals surface area contributed by atoms with E-state index in [4.69, 9.17) is 9.47 Å². The summed E-state index contributed by atoms with van der Waals surface area (Å²) in [4.78, 5) is 3.87. The number of aliphatic hydroxyl groups is 1. The van der Waals surface area contributed by atoms with E-state index in [0.717, 1.165) is 24.3 Å². The number of thioether (sulfide) groups is 1. The van der Waals surface area contributed by atoms with Crippen molar-refractivity contribution >= 4 is 17.8 Å². The van der Waals surface area contributed by atoms with Crippen molar-refractivity contribution < 1.29 is 36.5 Å². The molecule has 1 aromatic heterocycles. The van der Waals surface area contributed by atoms with Gasteiger partial charge in [0, 0.05) is 16.9 Å². The van der Waals surface area contributed by atoms with Gasteiger partial charge in [0.25, 0.3) is 0 Å². The Hall–Kier alpha value is -2.80. The lowest BCUT2D eigenvalue weighted by Gasteiger charge is -2.38. The zero-order valence-electron chi connectivity index (χ0n) is 20.5. The van der Waals surface area contributed by atoms with Gasteiger partial charge in [-0.25, -0.2) is 18.4 Å². The number of alkyl halides is 3. The molecule has 1 fully saturated rings. The van der Waals surface area contributed by atoms with Gasteiger partial charge >= 0.3 is 6.18 Å². The van der Waals surface area contributed by atoms with Crippen molar-refractivity contribution in [1.82, 2.24) is 14.8 Å². The Morgan fingerprint density at radius 1 is 1.16 bits per heavy atom. The molecule has 2 atom stereocenters. The van der Waals surface area contributed by atoms with Gasteiger partial charge in [-0.2, -0.15) is 18.3 Å². The van der Waals surface area contributed by atoms with E-state index in [2.05, 4.69) is 10.1 Å². The van der Waals surface area contributed by atoms with E-state index in [1.54, 1.807) is 19.9 Å². The lowest BCUT2D eigenvalue weighted by atomic mass is 9.90. The lowest BCUT2D eigenvalue weighted by molar-refractivity contribution is -0.152. The predicted molar refractivity (Wildman–Crippen MR) is 132 cm³/mol. The van der Waals surface area contributed by atoms with Crippen LogP contribution in [0.4, 0.5) is 22.0 Å². The predicted octanol–water partition coefficient (Wildman–Crippen LogP) is 5.43. The summed E-state index contributed by atoms with van der Waals surface area (Å²) in [5.41, 5.74) is -1.30. The fraction of sp³-hybridized carbons (Fsp3) is 0.385. The van der Waals surface area contributed by atoms with E-state index in [1.165, 1.54) is 47.3 Å².